The number of aliphatic hydroxyl groups excluding tert-OH is 1. The number of nitrogens with one attached hydrogen (secondary N) is 2. The first-order valence-electron chi connectivity index (χ1n) is 7.56. The molecule has 0 saturated heterocycles. The molecule has 0 aromatic heterocycles. The van der Waals surface area contributed by atoms with E-state index < -0.39 is 48.4 Å². The van der Waals surface area contributed by atoms with Crippen LogP contribution in [0.2, 0.25) is 0 Å². The third kappa shape index (κ3) is 8.44. The van der Waals surface area contributed by atoms with Crippen LogP contribution >= 0.6 is 0 Å². The number of nitrogens with two attached hydrogens (primary N) is 2. The van der Waals surface area contributed by atoms with E-state index in [2.05, 4.69) is 10.6 Å². The number of amides is 3. The van der Waals surface area contributed by atoms with Crippen LogP contribution in [0.25, 0.3) is 0 Å². The first kappa shape index (κ1) is 21.8. The average molecular weight is 346 g/mol. The van der Waals surface area contributed by atoms with Crippen molar-refractivity contribution in [3.63, 3.8) is 0 Å². The molecule has 24 heavy (non-hydrogen) atoms. The van der Waals surface area contributed by atoms with E-state index in [1.54, 1.807) is 0 Å². The number of primary amides is 1. The summed E-state index contributed by atoms with van der Waals surface area (Å²) in [6.07, 6.45) is 0.213. The minimum Gasteiger partial charge on any atom is -0.480 e. The molecule has 3 amide bonds. The molecule has 138 valence electrons. The Labute approximate surface area is 139 Å². The Morgan fingerprint density at radius 1 is 1.04 bits per heavy atom. The Bertz CT molecular complexity index is 468. The SMILES string of the molecule is CC(C)CC(NC(=O)C(N)CCC(N)=O)C(=O)NC(CO)C(=O)O. The molecule has 0 radical (unpaired) electrons. The van der Waals surface area contributed by atoms with Crippen molar-refractivity contribution >= 4 is 23.7 Å². The zero-order valence-electron chi connectivity index (χ0n) is 13.8. The van der Waals surface area contributed by atoms with Crippen LogP contribution in [0.15, 0.2) is 0 Å². The lowest BCUT2D eigenvalue weighted by atomic mass is 10.0. The fraction of sp³-hybridized carbons (Fsp3) is 0.714. The van der Waals surface area contributed by atoms with E-state index in [9.17, 15) is 19.2 Å². The fourth-order valence-electron chi connectivity index (χ4n) is 1.87. The number of carbonyl (C=O) groups is 4. The second-order valence-electron chi connectivity index (χ2n) is 5.88. The van der Waals surface area contributed by atoms with E-state index in [0.717, 1.165) is 0 Å². The predicted octanol–water partition coefficient (Wildman–Crippen LogP) is -2.33. The molecule has 0 rings (SSSR count). The molecule has 0 aliphatic carbocycles. The number of aliphatic carboxylic acids is 1. The molecule has 8 N–H and O–H groups in total. The lowest BCUT2D eigenvalue weighted by Gasteiger charge is -2.23. The second-order valence-corrected chi connectivity index (χ2v) is 5.88. The van der Waals surface area contributed by atoms with E-state index >= 15 is 0 Å². The molecule has 0 bridgehead atoms. The highest BCUT2D eigenvalue weighted by Crippen LogP contribution is 2.06. The van der Waals surface area contributed by atoms with Gasteiger partial charge in [-0.2, -0.15) is 0 Å². The summed E-state index contributed by atoms with van der Waals surface area (Å²) in [7, 11) is 0. The number of carboxylic acid groups (broad SMARTS) is 1. The van der Waals surface area contributed by atoms with Gasteiger partial charge in [0.25, 0.3) is 0 Å². The summed E-state index contributed by atoms with van der Waals surface area (Å²) >= 11 is 0. The standard InChI is InChI=1S/C14H26N4O6/c1-7(2)5-9(13(22)18-10(6-19)14(23)24)17-12(21)8(15)3-4-11(16)20/h7-10,19H,3-6,15H2,1-2H3,(H2,16,20)(H,17,21)(H,18,22)(H,23,24). The smallest absolute Gasteiger partial charge is 0.328 e. The Balaban J connectivity index is 4.86. The number of carbonyl (C=O) groups excluding carboxylic acids is 3. The highest BCUT2D eigenvalue weighted by Gasteiger charge is 2.28. The van der Waals surface area contributed by atoms with E-state index in [1.807, 2.05) is 13.8 Å². The molecule has 0 spiro atoms. The third-order valence-electron chi connectivity index (χ3n) is 3.18. The van der Waals surface area contributed by atoms with Gasteiger partial charge in [-0.15, -0.1) is 0 Å². The summed E-state index contributed by atoms with van der Waals surface area (Å²) in [6, 6.07) is -3.49. The van der Waals surface area contributed by atoms with Gasteiger partial charge in [0.2, 0.25) is 17.7 Å². The van der Waals surface area contributed by atoms with Gasteiger partial charge in [-0.05, 0) is 18.8 Å². The molecule has 0 fully saturated rings. The number of aliphatic hydroxyl groups is 1. The maximum absolute atomic E-state index is 12.2. The van der Waals surface area contributed by atoms with Gasteiger partial charge < -0.3 is 32.3 Å². The quantitative estimate of drug-likeness (QED) is 0.242. The van der Waals surface area contributed by atoms with Gasteiger partial charge in [-0.3, -0.25) is 14.4 Å². The lowest BCUT2D eigenvalue weighted by molar-refractivity contribution is -0.143. The number of carboxylic acids is 1. The molecule has 0 aromatic rings. The molecule has 10 heteroatoms. The lowest BCUT2D eigenvalue weighted by Crippen LogP contribution is -2.55. The van der Waals surface area contributed by atoms with Gasteiger partial charge in [-0.25, -0.2) is 4.79 Å². The van der Waals surface area contributed by atoms with Crippen LogP contribution in [-0.2, 0) is 19.2 Å². The van der Waals surface area contributed by atoms with Crippen molar-refractivity contribution in [1.82, 2.24) is 10.6 Å². The zero-order chi connectivity index (χ0) is 18.9. The minimum atomic E-state index is -1.47. The maximum Gasteiger partial charge on any atom is 0.328 e. The molecular weight excluding hydrogens is 320 g/mol. The Morgan fingerprint density at radius 3 is 2.00 bits per heavy atom. The van der Waals surface area contributed by atoms with E-state index in [0.29, 0.717) is 0 Å². The Kier molecular flexibility index (Phi) is 9.58. The molecular formula is C14H26N4O6. The monoisotopic (exact) mass is 346 g/mol. The van der Waals surface area contributed by atoms with Gasteiger partial charge in [0.05, 0.1) is 12.6 Å². The van der Waals surface area contributed by atoms with Gasteiger partial charge >= 0.3 is 5.97 Å². The number of hydrogen-bond donors (Lipinski definition) is 6. The molecule has 0 aromatic carbocycles. The first-order chi connectivity index (χ1) is 11.1. The van der Waals surface area contributed by atoms with Crippen molar-refractivity contribution < 1.29 is 29.4 Å². The van der Waals surface area contributed by atoms with Gasteiger partial charge in [0, 0.05) is 6.42 Å². The van der Waals surface area contributed by atoms with Crippen molar-refractivity contribution in [2.24, 2.45) is 17.4 Å². The van der Waals surface area contributed by atoms with Crippen molar-refractivity contribution in [3.8, 4) is 0 Å². The highest BCUT2D eigenvalue weighted by molar-refractivity contribution is 5.92. The summed E-state index contributed by atoms with van der Waals surface area (Å²) in [5.41, 5.74) is 10.6. The molecule has 0 saturated carbocycles. The molecule has 0 aliphatic heterocycles. The van der Waals surface area contributed by atoms with Crippen LogP contribution in [0.4, 0.5) is 0 Å². The van der Waals surface area contributed by atoms with Crippen LogP contribution in [0.5, 0.6) is 0 Å². The summed E-state index contributed by atoms with van der Waals surface area (Å²) in [6.45, 7) is 2.86. The highest BCUT2D eigenvalue weighted by atomic mass is 16.4. The second kappa shape index (κ2) is 10.6. The van der Waals surface area contributed by atoms with E-state index in [-0.39, 0.29) is 25.2 Å². The van der Waals surface area contributed by atoms with Crippen LogP contribution in [0, 0.1) is 5.92 Å². The Hall–Kier alpha value is -2.20. The largest absolute Gasteiger partial charge is 0.480 e. The summed E-state index contributed by atoms with van der Waals surface area (Å²) in [4.78, 5) is 45.7. The maximum atomic E-state index is 12.2. The fourth-order valence-corrected chi connectivity index (χ4v) is 1.87. The predicted molar refractivity (Wildman–Crippen MR) is 84.4 cm³/mol. The van der Waals surface area contributed by atoms with Crippen molar-refractivity contribution in [2.45, 2.75) is 51.2 Å². The summed E-state index contributed by atoms with van der Waals surface area (Å²) in [5.74, 6) is -3.34. The van der Waals surface area contributed by atoms with Crippen LogP contribution in [0.1, 0.15) is 33.1 Å². The van der Waals surface area contributed by atoms with Gasteiger partial charge in [0.1, 0.15) is 12.1 Å². The van der Waals surface area contributed by atoms with Gasteiger partial charge in [-0.1, -0.05) is 13.8 Å². The number of rotatable bonds is 11. The average Bonchev–Trinajstić information content (AvgIpc) is 2.48. The van der Waals surface area contributed by atoms with Crippen molar-refractivity contribution in [2.75, 3.05) is 6.61 Å². The van der Waals surface area contributed by atoms with E-state index in [1.165, 1.54) is 0 Å². The third-order valence-corrected chi connectivity index (χ3v) is 3.18. The molecule has 3 atom stereocenters. The Morgan fingerprint density at radius 2 is 1.58 bits per heavy atom. The minimum absolute atomic E-state index is 0.0281. The van der Waals surface area contributed by atoms with Crippen LogP contribution in [0.3, 0.4) is 0 Å². The first-order valence-corrected chi connectivity index (χ1v) is 7.56. The van der Waals surface area contributed by atoms with Gasteiger partial charge in [0.15, 0.2) is 0 Å². The van der Waals surface area contributed by atoms with E-state index in [4.69, 9.17) is 21.7 Å². The number of hydrogen-bond acceptors (Lipinski definition) is 6. The van der Waals surface area contributed by atoms with Crippen LogP contribution in [-0.4, -0.2) is 58.6 Å². The normalized spacial score (nSPS) is 14.5. The zero-order valence-corrected chi connectivity index (χ0v) is 13.8. The molecule has 0 heterocycles. The summed E-state index contributed by atoms with van der Waals surface area (Å²) < 4.78 is 0. The molecule has 3 unspecified atom stereocenters. The topological polar surface area (TPSA) is 185 Å². The van der Waals surface area contributed by atoms with Crippen molar-refractivity contribution in [1.29, 1.82) is 0 Å². The van der Waals surface area contributed by atoms with Crippen molar-refractivity contribution in [3.05, 3.63) is 0 Å². The summed E-state index contributed by atoms with van der Waals surface area (Å²) in [5, 5.41) is 22.4. The molecule has 0 aliphatic rings. The molecule has 10 nitrogen and oxygen atoms in total. The van der Waals surface area contributed by atoms with Crippen LogP contribution < -0.4 is 22.1 Å².